The zero-order valence-corrected chi connectivity index (χ0v) is 12.0. The van der Waals surface area contributed by atoms with Gasteiger partial charge in [0.2, 0.25) is 5.91 Å². The van der Waals surface area contributed by atoms with Gasteiger partial charge < -0.3 is 10.6 Å². The Bertz CT molecular complexity index is 429. The van der Waals surface area contributed by atoms with Crippen LogP contribution in [-0.2, 0) is 4.79 Å². The standard InChI is InChI=1S/C13H18F2N2O.ClH/c1-8(7-16-3)13(18)17-9(2)11-5-4-10(14)6-12(11)15;/h4-6,8-9,16H,7H2,1-3H3,(H,17,18);1H. The highest BCUT2D eigenvalue weighted by molar-refractivity contribution is 5.85. The third kappa shape index (κ3) is 5.12. The molecular weight excluding hydrogens is 274 g/mol. The summed E-state index contributed by atoms with van der Waals surface area (Å²) in [6.07, 6.45) is 0. The molecule has 1 rings (SSSR count). The fraction of sp³-hybridized carbons (Fsp3) is 0.462. The van der Waals surface area contributed by atoms with Gasteiger partial charge in [0.25, 0.3) is 0 Å². The molecule has 0 aromatic heterocycles. The summed E-state index contributed by atoms with van der Waals surface area (Å²) >= 11 is 0. The van der Waals surface area contributed by atoms with Gasteiger partial charge in [0.05, 0.1) is 6.04 Å². The molecule has 0 fully saturated rings. The molecule has 0 heterocycles. The van der Waals surface area contributed by atoms with Gasteiger partial charge in [0, 0.05) is 24.1 Å². The van der Waals surface area contributed by atoms with Gasteiger partial charge in [-0.3, -0.25) is 4.79 Å². The van der Waals surface area contributed by atoms with E-state index in [1.807, 2.05) is 0 Å². The number of hydrogen-bond donors (Lipinski definition) is 2. The van der Waals surface area contributed by atoms with Crippen LogP contribution in [0.3, 0.4) is 0 Å². The molecule has 0 aliphatic heterocycles. The summed E-state index contributed by atoms with van der Waals surface area (Å²) in [5, 5.41) is 5.60. The number of nitrogens with one attached hydrogen (secondary N) is 2. The summed E-state index contributed by atoms with van der Waals surface area (Å²) in [7, 11) is 1.76. The van der Waals surface area contributed by atoms with Crippen LogP contribution in [0.15, 0.2) is 18.2 Å². The highest BCUT2D eigenvalue weighted by atomic mass is 35.5. The summed E-state index contributed by atoms with van der Waals surface area (Å²) < 4.78 is 26.3. The van der Waals surface area contributed by atoms with Gasteiger partial charge >= 0.3 is 0 Å². The monoisotopic (exact) mass is 292 g/mol. The van der Waals surface area contributed by atoms with E-state index in [9.17, 15) is 13.6 Å². The Morgan fingerprint density at radius 3 is 2.47 bits per heavy atom. The van der Waals surface area contributed by atoms with Crippen LogP contribution >= 0.6 is 12.4 Å². The normalized spacial score (nSPS) is 13.3. The van der Waals surface area contributed by atoms with Gasteiger partial charge in [-0.2, -0.15) is 0 Å². The van der Waals surface area contributed by atoms with Crippen molar-refractivity contribution in [1.29, 1.82) is 0 Å². The average molecular weight is 293 g/mol. The predicted octanol–water partition coefficient (Wildman–Crippen LogP) is 2.42. The van der Waals surface area contributed by atoms with Crippen molar-refractivity contribution < 1.29 is 13.6 Å². The average Bonchev–Trinajstić information content (AvgIpc) is 2.28. The highest BCUT2D eigenvalue weighted by Crippen LogP contribution is 2.18. The maximum atomic E-state index is 13.5. The number of halogens is 3. The summed E-state index contributed by atoms with van der Waals surface area (Å²) in [6, 6.07) is 2.85. The maximum Gasteiger partial charge on any atom is 0.224 e. The van der Waals surface area contributed by atoms with Gasteiger partial charge in [-0.25, -0.2) is 8.78 Å². The molecule has 108 valence electrons. The van der Waals surface area contributed by atoms with Crippen LogP contribution in [0.2, 0.25) is 0 Å². The van der Waals surface area contributed by atoms with Gasteiger partial charge in [0.1, 0.15) is 11.6 Å². The third-order valence-corrected chi connectivity index (χ3v) is 2.75. The van der Waals surface area contributed by atoms with Crippen molar-refractivity contribution in [2.75, 3.05) is 13.6 Å². The van der Waals surface area contributed by atoms with Crippen LogP contribution in [0.25, 0.3) is 0 Å². The van der Waals surface area contributed by atoms with E-state index < -0.39 is 17.7 Å². The van der Waals surface area contributed by atoms with Crippen LogP contribution < -0.4 is 10.6 Å². The van der Waals surface area contributed by atoms with E-state index in [2.05, 4.69) is 10.6 Å². The first-order chi connectivity index (χ1) is 8.45. The zero-order valence-electron chi connectivity index (χ0n) is 11.2. The molecule has 2 N–H and O–H groups in total. The number of carbonyl (C=O) groups excluding carboxylic acids is 1. The molecule has 3 nitrogen and oxygen atoms in total. The molecule has 2 atom stereocenters. The first kappa shape index (κ1) is 17.8. The Morgan fingerprint density at radius 1 is 1.32 bits per heavy atom. The van der Waals surface area contributed by atoms with Crippen molar-refractivity contribution in [3.63, 3.8) is 0 Å². The van der Waals surface area contributed by atoms with Gasteiger partial charge in [-0.15, -0.1) is 12.4 Å². The molecule has 0 radical (unpaired) electrons. The van der Waals surface area contributed by atoms with Gasteiger partial charge in [-0.1, -0.05) is 13.0 Å². The lowest BCUT2D eigenvalue weighted by molar-refractivity contribution is -0.125. The van der Waals surface area contributed by atoms with Gasteiger partial charge in [0.15, 0.2) is 0 Å². The summed E-state index contributed by atoms with van der Waals surface area (Å²) in [5.74, 6) is -1.65. The maximum absolute atomic E-state index is 13.5. The van der Waals surface area contributed by atoms with E-state index in [-0.39, 0.29) is 29.8 Å². The Morgan fingerprint density at radius 2 is 1.95 bits per heavy atom. The Hall–Kier alpha value is -1.20. The van der Waals surface area contributed by atoms with Crippen LogP contribution in [0.1, 0.15) is 25.5 Å². The van der Waals surface area contributed by atoms with Crippen molar-refractivity contribution in [2.24, 2.45) is 5.92 Å². The van der Waals surface area contributed by atoms with Crippen molar-refractivity contribution in [3.05, 3.63) is 35.4 Å². The lowest BCUT2D eigenvalue weighted by Gasteiger charge is -2.18. The molecule has 0 saturated heterocycles. The minimum atomic E-state index is -0.649. The largest absolute Gasteiger partial charge is 0.349 e. The molecule has 0 saturated carbocycles. The zero-order chi connectivity index (χ0) is 13.7. The van der Waals surface area contributed by atoms with Crippen LogP contribution in [0.4, 0.5) is 8.78 Å². The second-order valence-corrected chi connectivity index (χ2v) is 4.35. The van der Waals surface area contributed by atoms with E-state index in [1.54, 1.807) is 20.9 Å². The summed E-state index contributed by atoms with van der Waals surface area (Å²) in [5.41, 5.74) is 0.279. The molecule has 19 heavy (non-hydrogen) atoms. The first-order valence-corrected chi connectivity index (χ1v) is 5.85. The molecule has 1 aromatic rings. The van der Waals surface area contributed by atoms with Crippen molar-refractivity contribution in [1.82, 2.24) is 10.6 Å². The second kappa shape index (κ2) is 8.07. The Balaban J connectivity index is 0.00000324. The molecule has 2 unspecified atom stereocenters. The first-order valence-electron chi connectivity index (χ1n) is 5.85. The summed E-state index contributed by atoms with van der Waals surface area (Å²) in [6.45, 7) is 3.99. The van der Waals surface area contributed by atoms with E-state index in [0.717, 1.165) is 6.07 Å². The van der Waals surface area contributed by atoms with Crippen molar-refractivity contribution in [2.45, 2.75) is 19.9 Å². The van der Waals surface area contributed by atoms with Crippen LogP contribution in [0, 0.1) is 17.6 Å². The molecule has 0 bridgehead atoms. The molecular formula is C13H19ClF2N2O. The Labute approximate surface area is 118 Å². The number of rotatable bonds is 5. The van der Waals surface area contributed by atoms with Crippen molar-refractivity contribution >= 4 is 18.3 Å². The number of carbonyl (C=O) groups is 1. The SMILES string of the molecule is CNCC(C)C(=O)NC(C)c1ccc(F)cc1F.Cl. The molecule has 0 spiro atoms. The molecule has 0 aliphatic rings. The lowest BCUT2D eigenvalue weighted by atomic mass is 10.1. The smallest absolute Gasteiger partial charge is 0.224 e. The van der Waals surface area contributed by atoms with E-state index >= 15 is 0 Å². The highest BCUT2D eigenvalue weighted by Gasteiger charge is 2.17. The van der Waals surface area contributed by atoms with Gasteiger partial charge in [-0.05, 0) is 20.0 Å². The number of hydrogen-bond acceptors (Lipinski definition) is 2. The quantitative estimate of drug-likeness (QED) is 0.875. The van der Waals surface area contributed by atoms with E-state index in [0.29, 0.717) is 6.54 Å². The Kier molecular flexibility index (Phi) is 7.56. The van der Waals surface area contributed by atoms with E-state index in [1.165, 1.54) is 12.1 Å². The van der Waals surface area contributed by atoms with Crippen LogP contribution in [0.5, 0.6) is 0 Å². The van der Waals surface area contributed by atoms with Crippen LogP contribution in [-0.4, -0.2) is 19.5 Å². The minimum Gasteiger partial charge on any atom is -0.349 e. The fourth-order valence-electron chi connectivity index (χ4n) is 1.68. The third-order valence-electron chi connectivity index (χ3n) is 2.75. The second-order valence-electron chi connectivity index (χ2n) is 4.35. The number of benzene rings is 1. The fourth-order valence-corrected chi connectivity index (χ4v) is 1.68. The molecule has 1 amide bonds. The summed E-state index contributed by atoms with van der Waals surface area (Å²) in [4.78, 5) is 11.7. The molecule has 0 aliphatic carbocycles. The predicted molar refractivity (Wildman–Crippen MR) is 73.3 cm³/mol. The number of amides is 1. The minimum absolute atomic E-state index is 0. The topological polar surface area (TPSA) is 41.1 Å². The lowest BCUT2D eigenvalue weighted by Crippen LogP contribution is -2.36. The molecule has 6 heteroatoms. The van der Waals surface area contributed by atoms with E-state index in [4.69, 9.17) is 0 Å². The van der Waals surface area contributed by atoms with Crippen molar-refractivity contribution in [3.8, 4) is 0 Å². The molecule has 1 aromatic carbocycles.